The number of aromatic nitrogens is 5. The average Bonchev–Trinajstić information content (AvgIpc) is 3.27. The Morgan fingerprint density at radius 1 is 1.33 bits per heavy atom. The molecule has 0 fully saturated rings. The number of rotatable bonds is 4. The second kappa shape index (κ2) is 7.09. The lowest BCUT2D eigenvalue weighted by Crippen LogP contribution is -2.24. The largest absolute Gasteiger partial charge is 0.345 e. The van der Waals surface area contributed by atoms with Gasteiger partial charge < -0.3 is 9.84 Å². The fraction of sp³-hybridized carbons (Fsp3) is 0.118. The summed E-state index contributed by atoms with van der Waals surface area (Å²) < 4.78 is 7.75. The van der Waals surface area contributed by atoms with Crippen LogP contribution in [-0.2, 0) is 6.54 Å². The molecule has 3 aromatic heterocycles. The van der Waals surface area contributed by atoms with Crippen molar-refractivity contribution in [3.63, 3.8) is 0 Å². The van der Waals surface area contributed by atoms with Gasteiger partial charge in [-0.15, -0.1) is 10.2 Å². The van der Waals surface area contributed by atoms with Crippen LogP contribution in [-0.4, -0.2) is 30.6 Å². The average molecular weight is 448 g/mol. The molecular weight excluding hydrogens is 436 g/mol. The lowest BCUT2D eigenvalue weighted by atomic mass is 10.2. The number of benzene rings is 1. The van der Waals surface area contributed by atoms with Gasteiger partial charge in [0.2, 0.25) is 0 Å². The Bertz CT molecular complexity index is 1160. The Balaban J connectivity index is 1.60. The number of halogens is 2. The maximum absolute atomic E-state index is 12.4. The first kappa shape index (κ1) is 17.6. The molecule has 4 rings (SSSR count). The summed E-state index contributed by atoms with van der Waals surface area (Å²) in [4.78, 5) is 16.7. The molecule has 4 aromatic rings. The molecule has 1 aromatic carbocycles. The molecule has 3 heterocycles. The predicted octanol–water partition coefficient (Wildman–Crippen LogP) is 3.43. The zero-order valence-corrected chi connectivity index (χ0v) is 16.3. The minimum absolute atomic E-state index is 0.176. The monoisotopic (exact) mass is 446 g/mol. The van der Waals surface area contributed by atoms with Gasteiger partial charge in [0.15, 0.2) is 17.3 Å². The smallest absolute Gasteiger partial charge is 0.261 e. The summed E-state index contributed by atoms with van der Waals surface area (Å²) in [7, 11) is 0. The number of pyridine rings is 1. The van der Waals surface area contributed by atoms with Gasteiger partial charge in [0, 0.05) is 10.7 Å². The third kappa shape index (κ3) is 3.43. The van der Waals surface area contributed by atoms with E-state index in [-0.39, 0.29) is 12.5 Å². The van der Waals surface area contributed by atoms with Crippen molar-refractivity contribution in [3.8, 4) is 11.5 Å². The Labute approximate surface area is 166 Å². The lowest BCUT2D eigenvalue weighted by Gasteiger charge is -2.07. The van der Waals surface area contributed by atoms with Crippen LogP contribution in [0.4, 0.5) is 0 Å². The third-order valence-electron chi connectivity index (χ3n) is 3.84. The molecule has 0 aliphatic heterocycles. The topological polar surface area (TPSA) is 98.2 Å². The van der Waals surface area contributed by atoms with Crippen LogP contribution < -0.4 is 5.32 Å². The molecule has 0 atom stereocenters. The van der Waals surface area contributed by atoms with E-state index < -0.39 is 0 Å². The minimum Gasteiger partial charge on any atom is -0.345 e. The van der Waals surface area contributed by atoms with Crippen molar-refractivity contribution in [2.75, 3.05) is 0 Å². The van der Waals surface area contributed by atoms with Crippen molar-refractivity contribution >= 4 is 39.1 Å². The van der Waals surface area contributed by atoms with Crippen LogP contribution in [0.5, 0.6) is 0 Å². The Hall–Kier alpha value is -2.78. The van der Waals surface area contributed by atoms with E-state index in [1.165, 1.54) is 0 Å². The zero-order valence-electron chi connectivity index (χ0n) is 14.0. The van der Waals surface area contributed by atoms with E-state index in [4.69, 9.17) is 16.1 Å². The Morgan fingerprint density at radius 2 is 2.19 bits per heavy atom. The fourth-order valence-corrected chi connectivity index (χ4v) is 3.15. The molecule has 1 amide bonds. The number of carbonyl (C=O) groups excluding carboxylic acids is 1. The van der Waals surface area contributed by atoms with Gasteiger partial charge in [0.1, 0.15) is 0 Å². The van der Waals surface area contributed by atoms with E-state index in [2.05, 4.69) is 41.6 Å². The van der Waals surface area contributed by atoms with Crippen molar-refractivity contribution in [1.29, 1.82) is 0 Å². The van der Waals surface area contributed by atoms with Gasteiger partial charge >= 0.3 is 0 Å². The van der Waals surface area contributed by atoms with Crippen LogP contribution in [0.3, 0.4) is 0 Å². The number of hydrogen-bond acceptors (Lipinski definition) is 6. The zero-order chi connectivity index (χ0) is 19.0. The predicted molar refractivity (Wildman–Crippen MR) is 101 cm³/mol. The summed E-state index contributed by atoms with van der Waals surface area (Å²) in [5, 5.41) is 15.3. The molecule has 136 valence electrons. The van der Waals surface area contributed by atoms with Crippen molar-refractivity contribution in [3.05, 3.63) is 63.2 Å². The lowest BCUT2D eigenvalue weighted by molar-refractivity contribution is 0.0950. The first-order chi connectivity index (χ1) is 13.0. The van der Waals surface area contributed by atoms with Crippen molar-refractivity contribution in [2.45, 2.75) is 13.5 Å². The van der Waals surface area contributed by atoms with Gasteiger partial charge in [0.05, 0.1) is 22.7 Å². The highest BCUT2D eigenvalue weighted by Gasteiger charge is 2.16. The van der Waals surface area contributed by atoms with Crippen LogP contribution in [0.25, 0.3) is 17.1 Å². The Morgan fingerprint density at radius 3 is 2.96 bits per heavy atom. The van der Waals surface area contributed by atoms with Crippen LogP contribution in [0.2, 0.25) is 5.02 Å². The Kier molecular flexibility index (Phi) is 4.63. The van der Waals surface area contributed by atoms with E-state index in [1.54, 1.807) is 35.7 Å². The number of nitrogens with one attached hydrogen (secondary N) is 1. The normalized spacial score (nSPS) is 11.1. The van der Waals surface area contributed by atoms with Crippen molar-refractivity contribution in [1.82, 2.24) is 30.1 Å². The van der Waals surface area contributed by atoms with Gasteiger partial charge in [-0.3, -0.25) is 9.20 Å². The standard InChI is InChI=1S/C17H12BrClN6O2/c1-9-21-17(27-24-9)11-3-2-6-25-14(22-23-15(11)25)8-20-16(26)12-7-10(18)4-5-13(12)19/h2-7H,8H2,1H3,(H,20,26). The SMILES string of the molecule is Cc1noc(-c2cccn3c(CNC(=O)c4cc(Br)ccc4Cl)nnc23)n1. The van der Waals surface area contributed by atoms with Gasteiger partial charge in [0.25, 0.3) is 11.8 Å². The summed E-state index contributed by atoms with van der Waals surface area (Å²) >= 11 is 9.43. The molecular formula is C17H12BrClN6O2. The van der Waals surface area contributed by atoms with Crippen LogP contribution in [0.15, 0.2) is 45.5 Å². The molecule has 0 bridgehead atoms. The van der Waals surface area contributed by atoms with E-state index in [9.17, 15) is 4.79 Å². The molecule has 1 N–H and O–H groups in total. The minimum atomic E-state index is -0.304. The number of nitrogens with zero attached hydrogens (tertiary/aromatic N) is 5. The molecule has 0 spiro atoms. The van der Waals surface area contributed by atoms with Crippen LogP contribution in [0.1, 0.15) is 22.0 Å². The number of hydrogen-bond donors (Lipinski definition) is 1. The molecule has 0 radical (unpaired) electrons. The molecule has 8 nitrogen and oxygen atoms in total. The highest BCUT2D eigenvalue weighted by Crippen LogP contribution is 2.23. The van der Waals surface area contributed by atoms with E-state index in [0.29, 0.717) is 39.3 Å². The van der Waals surface area contributed by atoms with E-state index in [0.717, 1.165) is 4.47 Å². The summed E-state index contributed by atoms with van der Waals surface area (Å²) in [6.45, 7) is 1.92. The van der Waals surface area contributed by atoms with Gasteiger partial charge in [-0.25, -0.2) is 0 Å². The fourth-order valence-electron chi connectivity index (χ4n) is 2.58. The maximum Gasteiger partial charge on any atom is 0.261 e. The highest BCUT2D eigenvalue weighted by atomic mass is 79.9. The third-order valence-corrected chi connectivity index (χ3v) is 4.67. The molecule has 10 heteroatoms. The van der Waals surface area contributed by atoms with Gasteiger partial charge in [-0.2, -0.15) is 4.98 Å². The van der Waals surface area contributed by atoms with E-state index in [1.807, 2.05) is 12.1 Å². The summed E-state index contributed by atoms with van der Waals surface area (Å²) in [5.74, 6) is 1.15. The second-order valence-electron chi connectivity index (χ2n) is 5.69. The summed E-state index contributed by atoms with van der Waals surface area (Å²) in [6.07, 6.45) is 1.80. The quantitative estimate of drug-likeness (QED) is 0.515. The number of aryl methyl sites for hydroxylation is 1. The van der Waals surface area contributed by atoms with Crippen molar-refractivity contribution in [2.24, 2.45) is 0 Å². The first-order valence-corrected chi connectivity index (χ1v) is 9.06. The number of fused-ring (bicyclic) bond motifs is 1. The molecule has 27 heavy (non-hydrogen) atoms. The second-order valence-corrected chi connectivity index (χ2v) is 7.01. The molecule has 0 aliphatic rings. The molecule has 0 saturated heterocycles. The molecule has 0 saturated carbocycles. The highest BCUT2D eigenvalue weighted by molar-refractivity contribution is 9.10. The molecule has 0 unspecified atom stereocenters. The number of amides is 1. The summed E-state index contributed by atoms with van der Waals surface area (Å²) in [5.41, 5.74) is 1.60. The van der Waals surface area contributed by atoms with E-state index >= 15 is 0 Å². The van der Waals surface area contributed by atoms with Crippen molar-refractivity contribution < 1.29 is 9.32 Å². The van der Waals surface area contributed by atoms with Crippen LogP contribution >= 0.6 is 27.5 Å². The van der Waals surface area contributed by atoms with Gasteiger partial charge in [-0.1, -0.05) is 32.7 Å². The van der Waals surface area contributed by atoms with Gasteiger partial charge in [-0.05, 0) is 37.3 Å². The maximum atomic E-state index is 12.4. The summed E-state index contributed by atoms with van der Waals surface area (Å²) in [6, 6.07) is 8.73. The number of carbonyl (C=O) groups is 1. The molecule has 0 aliphatic carbocycles. The van der Waals surface area contributed by atoms with Crippen LogP contribution in [0, 0.1) is 6.92 Å². The first-order valence-electron chi connectivity index (χ1n) is 7.89.